The number of alkyl halides is 1. The molecule has 20 nitrogen and oxygen atoms in total. The van der Waals surface area contributed by atoms with Crippen LogP contribution in [-0.2, 0) is 38.2 Å². The number of benzene rings is 3. The second kappa shape index (κ2) is 29.6. The average molecular weight is 1300 g/mol. The Bertz CT molecular complexity index is 4260. The topological polar surface area (TPSA) is 272 Å². The minimum absolute atomic E-state index is 0.000890. The molecule has 0 aliphatic heterocycles. The first-order valence-corrected chi connectivity index (χ1v) is 30.0. The lowest BCUT2D eigenvalue weighted by Gasteiger charge is -2.08. The van der Waals surface area contributed by atoms with E-state index in [-0.39, 0.29) is 57.3 Å². The highest BCUT2D eigenvalue weighted by molar-refractivity contribution is 8.24. The van der Waals surface area contributed by atoms with E-state index in [1.165, 1.54) is 30.6 Å². The van der Waals surface area contributed by atoms with Gasteiger partial charge in [0, 0.05) is 75.0 Å². The van der Waals surface area contributed by atoms with E-state index >= 15 is 0 Å². The van der Waals surface area contributed by atoms with Crippen LogP contribution in [0.25, 0.3) is 40.0 Å². The molecule has 8 heterocycles. The standard InChI is InChI=1S/C17H10Cl2FN5.C17H11ClFN5O.C14H12FN5.C5H7ClO3.Cl3OP/c18-11-8-22-16(24-15(11)19)14-9-25-6-5-21-17(25)13(23-14)7-10-3-1-2-4-12(10)20;18-11-8-21-15(23-17(11)25)14-9-24-6-5-20-16(24)13(22-14)7-10-3-1-2-4-12(10)19;15-10-4-2-1-3-9(10)7-11-14-18-5-6-20(14)8-12(19-11)13(16)17;1-2-9-5(8)4(6)3-7;1-5(2,3)4/h1-6,8-9H,7H2;1-6,8-9H,7H2,(H,21,23,25);1-6,8H,7H2,(H3,16,17);3-4H,2H2,1H3;. The lowest BCUT2D eigenvalue weighted by atomic mass is 10.1. The Labute approximate surface area is 508 Å². The zero-order valence-corrected chi connectivity index (χ0v) is 49.2. The van der Waals surface area contributed by atoms with Gasteiger partial charge < -0.3 is 33.5 Å². The maximum absolute atomic E-state index is 14.0. The maximum Gasteiger partial charge on any atom is 0.339 e. The van der Waals surface area contributed by atoms with E-state index < -0.39 is 22.1 Å². The van der Waals surface area contributed by atoms with Gasteiger partial charge in [0.15, 0.2) is 39.1 Å². The van der Waals surface area contributed by atoms with E-state index in [1.54, 1.807) is 130 Å². The Morgan fingerprint density at radius 3 is 1.54 bits per heavy atom. The Hall–Kier alpha value is -7.86. The molecule has 1 unspecified atom stereocenters. The summed E-state index contributed by atoms with van der Waals surface area (Å²) in [4.78, 5) is 73.1. The number of fused-ring (bicyclic) bond motifs is 3. The smallest absolute Gasteiger partial charge is 0.339 e. The normalized spacial score (nSPS) is 11.2. The second-order valence-electron chi connectivity index (χ2n) is 16.8. The van der Waals surface area contributed by atoms with Crippen molar-refractivity contribution >= 4 is 120 Å². The Kier molecular flexibility index (Phi) is 22.4. The van der Waals surface area contributed by atoms with Crippen molar-refractivity contribution in [2.75, 3.05) is 6.61 Å². The van der Waals surface area contributed by atoms with Crippen molar-refractivity contribution in [3.63, 3.8) is 0 Å². The van der Waals surface area contributed by atoms with E-state index in [4.69, 9.17) is 57.5 Å². The summed E-state index contributed by atoms with van der Waals surface area (Å²) in [6.45, 7) is 1.89. The minimum atomic E-state index is -3.22. The molecule has 0 aliphatic rings. The first kappa shape index (κ1) is 63.7. The molecule has 11 rings (SSSR count). The van der Waals surface area contributed by atoms with Crippen LogP contribution in [-0.4, -0.2) is 93.1 Å². The number of nitrogens with one attached hydrogen (secondary N) is 2. The predicted molar refractivity (Wildman–Crippen MR) is 315 cm³/mol. The first-order chi connectivity index (χ1) is 40.1. The molecule has 1 atom stereocenters. The molecule has 0 fully saturated rings. The van der Waals surface area contributed by atoms with Gasteiger partial charge in [-0.25, -0.2) is 62.8 Å². The molecule has 0 saturated carbocycles. The van der Waals surface area contributed by atoms with Crippen molar-refractivity contribution in [3.05, 3.63) is 223 Å². The summed E-state index contributed by atoms with van der Waals surface area (Å²) in [6.07, 6.45) is 19.1. The third-order valence-electron chi connectivity index (χ3n) is 11.1. The van der Waals surface area contributed by atoms with E-state index in [2.05, 4.69) is 88.3 Å². The SMILES string of the molecule is CCOC(=O)C(Cl)C=O.Fc1ccccc1Cc1nc(-c2ncc(Cl)c(Cl)n2)cn2ccnc12.N=C(N)c1cn2ccnc2c(Cc2ccccc2F)n1.O=P(Cl)(Cl)Cl.O=c1[nH]c(-c2cn3ccnc3c(Cc3ccccc3F)n2)ncc1Cl. The van der Waals surface area contributed by atoms with Crippen LogP contribution in [0.2, 0.25) is 15.2 Å². The van der Waals surface area contributed by atoms with Crippen LogP contribution >= 0.6 is 85.3 Å². The van der Waals surface area contributed by atoms with Crippen LogP contribution in [0.15, 0.2) is 146 Å². The molecule has 0 bridgehead atoms. The van der Waals surface area contributed by atoms with Crippen molar-refractivity contribution in [1.29, 1.82) is 5.41 Å². The average Bonchev–Trinajstić information content (AvgIpc) is 4.44. The van der Waals surface area contributed by atoms with Crippen molar-refractivity contribution in [1.82, 2.24) is 63.0 Å². The number of amidine groups is 1. The monoisotopic (exact) mass is 1300 g/mol. The quantitative estimate of drug-likeness (QED) is 0.0150. The minimum Gasteiger partial charge on any atom is -0.465 e. The van der Waals surface area contributed by atoms with Gasteiger partial charge in [-0.2, -0.15) is 0 Å². The highest BCUT2D eigenvalue weighted by Gasteiger charge is 2.18. The van der Waals surface area contributed by atoms with E-state index in [9.17, 15) is 32.1 Å². The van der Waals surface area contributed by atoms with Gasteiger partial charge in [0.2, 0.25) is 0 Å². The van der Waals surface area contributed by atoms with Gasteiger partial charge >= 0.3 is 11.2 Å². The van der Waals surface area contributed by atoms with Crippen LogP contribution < -0.4 is 11.3 Å². The summed E-state index contributed by atoms with van der Waals surface area (Å²) in [7, 11) is 0. The van der Waals surface area contributed by atoms with Crippen molar-refractivity contribution < 1.29 is 32.1 Å². The first-order valence-electron chi connectivity index (χ1n) is 24.0. The number of carbonyl (C=O) groups excluding carboxylic acids is 2. The summed E-state index contributed by atoms with van der Waals surface area (Å²) in [5, 5.41) is 3.53. The lowest BCUT2D eigenvalue weighted by molar-refractivity contribution is -0.143. The largest absolute Gasteiger partial charge is 0.465 e. The Balaban J connectivity index is 0.000000163. The molecular weight excluding hydrogens is 1260 g/mol. The number of aromatic nitrogens is 13. The number of nitrogens with two attached hydrogens (primary N) is 1. The van der Waals surface area contributed by atoms with Gasteiger partial charge in [0.05, 0.1) is 41.1 Å². The van der Waals surface area contributed by atoms with Gasteiger partial charge in [-0.1, -0.05) is 89.4 Å². The molecule has 0 saturated heterocycles. The van der Waals surface area contributed by atoms with Crippen molar-refractivity contribution in [2.24, 2.45) is 5.73 Å². The summed E-state index contributed by atoms with van der Waals surface area (Å²) in [5.41, 5.74) is 11.6. The highest BCUT2D eigenvalue weighted by atomic mass is 36.0. The zero-order valence-electron chi connectivity index (χ0n) is 43.0. The number of hydrogen-bond donors (Lipinski definition) is 3. The van der Waals surface area contributed by atoms with E-state index in [1.807, 2.05) is 0 Å². The molecule has 0 aliphatic carbocycles. The van der Waals surface area contributed by atoms with E-state index in [0.717, 1.165) is 0 Å². The van der Waals surface area contributed by atoms with Crippen LogP contribution in [0.3, 0.4) is 0 Å². The fourth-order valence-corrected chi connectivity index (χ4v) is 7.80. The molecule has 3 aromatic carbocycles. The number of aromatic amines is 1. The number of imidazole rings is 3. The Morgan fingerprint density at radius 1 is 0.679 bits per heavy atom. The van der Waals surface area contributed by atoms with Gasteiger partial charge in [0.25, 0.3) is 5.56 Å². The molecule has 11 aromatic rings. The maximum atomic E-state index is 14.0. The van der Waals surface area contributed by atoms with Gasteiger partial charge in [-0.3, -0.25) is 14.8 Å². The molecule has 4 N–H and O–H groups in total. The molecular formula is C53H40Cl7F3N15O5P. The highest BCUT2D eigenvalue weighted by Crippen LogP contribution is 2.61. The van der Waals surface area contributed by atoms with Crippen molar-refractivity contribution in [3.8, 4) is 23.0 Å². The van der Waals surface area contributed by atoms with Gasteiger partial charge in [-0.15, -0.1) is 11.6 Å². The summed E-state index contributed by atoms with van der Waals surface area (Å²) in [5.74, 6) is -1.08. The number of halogens is 10. The van der Waals surface area contributed by atoms with Gasteiger partial charge in [0.1, 0.15) is 51.7 Å². The second-order valence-corrected chi connectivity index (χ2v) is 25.1. The molecule has 0 radical (unpaired) electrons. The van der Waals surface area contributed by atoms with Gasteiger partial charge in [-0.05, 0) is 75.5 Å². The predicted octanol–water partition coefficient (Wildman–Crippen LogP) is 12.0. The Morgan fingerprint density at radius 2 is 1.11 bits per heavy atom. The number of H-pyrrole nitrogens is 1. The molecule has 84 heavy (non-hydrogen) atoms. The van der Waals surface area contributed by atoms with Crippen LogP contribution in [0, 0.1) is 22.9 Å². The number of nitrogens with zero attached hydrogens (tertiary/aromatic N) is 12. The molecule has 432 valence electrons. The number of nitrogen functional groups attached to an aromatic ring is 1. The number of ether oxygens (including phenoxy) is 1. The van der Waals surface area contributed by atoms with Crippen molar-refractivity contribution in [2.45, 2.75) is 31.6 Å². The summed E-state index contributed by atoms with van der Waals surface area (Å²) < 4.78 is 60.9. The zero-order chi connectivity index (χ0) is 60.7. The van der Waals surface area contributed by atoms with Crippen LogP contribution in [0.1, 0.15) is 46.4 Å². The lowest BCUT2D eigenvalue weighted by Crippen LogP contribution is -2.18. The number of carbonyl (C=O) groups is 2. The fourth-order valence-electron chi connectivity index (χ4n) is 7.42. The third kappa shape index (κ3) is 17.6. The third-order valence-corrected chi connectivity index (χ3v) is 12.3. The molecule has 31 heteroatoms. The van der Waals surface area contributed by atoms with Crippen LogP contribution in [0.5, 0.6) is 0 Å². The number of hydrogen-bond acceptors (Lipinski definition) is 15. The van der Waals surface area contributed by atoms with Crippen LogP contribution in [0.4, 0.5) is 13.2 Å². The number of rotatable bonds is 12. The number of esters is 1. The van der Waals surface area contributed by atoms with E-state index in [0.29, 0.717) is 92.7 Å². The molecule has 0 amide bonds. The molecule has 0 spiro atoms. The fraction of sp³-hybridized carbons (Fsp3) is 0.113. The molecule has 8 aromatic heterocycles. The summed E-state index contributed by atoms with van der Waals surface area (Å²) >= 11 is 36.6. The summed E-state index contributed by atoms with van der Waals surface area (Å²) in [6, 6.07) is 19.6. The number of aldehydes is 1.